The molecule has 144 valence electrons. The predicted octanol–water partition coefficient (Wildman–Crippen LogP) is 2.90. The van der Waals surface area contributed by atoms with Crippen LogP contribution in [0.4, 0.5) is 11.4 Å². The Bertz CT molecular complexity index is 768. The van der Waals surface area contributed by atoms with Gasteiger partial charge in [-0.25, -0.2) is 0 Å². The topological polar surface area (TPSA) is 48.9 Å². The second-order valence-corrected chi connectivity index (χ2v) is 6.56. The summed E-state index contributed by atoms with van der Waals surface area (Å²) in [6.07, 6.45) is 3.49. The highest BCUT2D eigenvalue weighted by Gasteiger charge is 2.24. The van der Waals surface area contributed by atoms with Crippen LogP contribution >= 0.6 is 0 Å². The highest BCUT2D eigenvalue weighted by atomic mass is 16.5. The van der Waals surface area contributed by atoms with Gasteiger partial charge in [-0.15, -0.1) is 0 Å². The van der Waals surface area contributed by atoms with E-state index in [-0.39, 0.29) is 5.91 Å². The lowest BCUT2D eigenvalue weighted by atomic mass is 10.2. The molecule has 1 aliphatic rings. The normalized spacial score (nSPS) is 14.2. The summed E-state index contributed by atoms with van der Waals surface area (Å²) in [7, 11) is 1.69. The van der Waals surface area contributed by atoms with E-state index in [1.165, 1.54) is 0 Å². The lowest BCUT2D eigenvalue weighted by molar-refractivity contribution is 0.0746. The Balaban J connectivity index is 1.67. The molecule has 0 spiro atoms. The lowest BCUT2D eigenvalue weighted by Gasteiger charge is -2.36. The predicted molar refractivity (Wildman–Crippen MR) is 109 cm³/mol. The average Bonchev–Trinajstić information content (AvgIpc) is 2.74. The van der Waals surface area contributed by atoms with Crippen LogP contribution in [0.15, 0.2) is 42.7 Å². The van der Waals surface area contributed by atoms with Crippen LogP contribution in [0.25, 0.3) is 0 Å². The molecule has 1 fully saturated rings. The van der Waals surface area contributed by atoms with E-state index >= 15 is 0 Å². The number of carbonyl (C=O) groups is 1. The fraction of sp³-hybridized carbons (Fsp3) is 0.429. The molecular weight excluding hydrogens is 340 g/mol. The van der Waals surface area contributed by atoms with Gasteiger partial charge in [0, 0.05) is 45.5 Å². The van der Waals surface area contributed by atoms with Crippen LogP contribution in [0.2, 0.25) is 0 Å². The van der Waals surface area contributed by atoms with Gasteiger partial charge in [-0.2, -0.15) is 0 Å². The first-order valence-electron chi connectivity index (χ1n) is 9.55. The Morgan fingerprint density at radius 3 is 2.48 bits per heavy atom. The van der Waals surface area contributed by atoms with Crippen LogP contribution < -0.4 is 14.5 Å². The Hall–Kier alpha value is -2.76. The first-order valence-corrected chi connectivity index (χ1v) is 9.55. The molecular formula is C21H28N4O2. The summed E-state index contributed by atoms with van der Waals surface area (Å²) in [5.74, 6) is 0.921. The van der Waals surface area contributed by atoms with E-state index in [9.17, 15) is 4.79 Å². The molecule has 1 saturated heterocycles. The summed E-state index contributed by atoms with van der Waals surface area (Å²) >= 11 is 0. The van der Waals surface area contributed by atoms with Crippen molar-refractivity contribution < 1.29 is 9.53 Å². The molecule has 6 heteroatoms. The molecule has 1 aliphatic heterocycles. The molecule has 0 saturated carbocycles. The van der Waals surface area contributed by atoms with Crippen molar-refractivity contribution in [2.45, 2.75) is 13.8 Å². The molecule has 1 aromatic heterocycles. The number of carbonyl (C=O) groups excluding carboxylic acids is 1. The number of benzene rings is 1. The van der Waals surface area contributed by atoms with Gasteiger partial charge < -0.3 is 19.4 Å². The second-order valence-electron chi connectivity index (χ2n) is 6.56. The molecule has 3 rings (SSSR count). The van der Waals surface area contributed by atoms with Gasteiger partial charge in [-0.3, -0.25) is 9.78 Å². The van der Waals surface area contributed by atoms with Crippen molar-refractivity contribution in [2.75, 3.05) is 56.2 Å². The number of hydrogen-bond acceptors (Lipinski definition) is 5. The zero-order valence-corrected chi connectivity index (χ0v) is 16.4. The van der Waals surface area contributed by atoms with Gasteiger partial charge in [0.05, 0.1) is 30.2 Å². The van der Waals surface area contributed by atoms with E-state index < -0.39 is 0 Å². The van der Waals surface area contributed by atoms with E-state index in [0.29, 0.717) is 18.7 Å². The highest BCUT2D eigenvalue weighted by Crippen LogP contribution is 2.28. The van der Waals surface area contributed by atoms with Crippen molar-refractivity contribution in [3.63, 3.8) is 0 Å². The minimum absolute atomic E-state index is 0.0520. The molecule has 27 heavy (non-hydrogen) atoms. The third kappa shape index (κ3) is 4.15. The van der Waals surface area contributed by atoms with Gasteiger partial charge in [0.25, 0.3) is 5.91 Å². The second kappa shape index (κ2) is 8.75. The van der Waals surface area contributed by atoms with Crippen LogP contribution in [0.1, 0.15) is 24.2 Å². The van der Waals surface area contributed by atoms with Crippen LogP contribution in [0.3, 0.4) is 0 Å². The Labute approximate surface area is 161 Å². The quantitative estimate of drug-likeness (QED) is 0.785. The van der Waals surface area contributed by atoms with Crippen molar-refractivity contribution in [1.82, 2.24) is 9.88 Å². The average molecular weight is 368 g/mol. The third-order valence-corrected chi connectivity index (χ3v) is 5.09. The van der Waals surface area contributed by atoms with Crippen molar-refractivity contribution in [3.05, 3.63) is 48.3 Å². The summed E-state index contributed by atoms with van der Waals surface area (Å²) in [6, 6.07) is 9.97. The number of para-hydroxylation sites is 2. The molecule has 6 nitrogen and oxygen atoms in total. The molecule has 2 heterocycles. The molecule has 2 aromatic rings. The van der Waals surface area contributed by atoms with Crippen LogP contribution in [0, 0.1) is 0 Å². The van der Waals surface area contributed by atoms with Crippen LogP contribution in [-0.4, -0.2) is 62.2 Å². The molecule has 0 bridgehead atoms. The Morgan fingerprint density at radius 2 is 1.81 bits per heavy atom. The maximum atomic E-state index is 12.9. The van der Waals surface area contributed by atoms with Crippen LogP contribution in [0.5, 0.6) is 5.75 Å². The van der Waals surface area contributed by atoms with Crippen molar-refractivity contribution in [2.24, 2.45) is 0 Å². The molecule has 0 N–H and O–H groups in total. The molecule has 0 radical (unpaired) electrons. The molecule has 1 aromatic carbocycles. The SMILES string of the molecule is CCN(CC)c1cncc(C(=O)N2CCN(c3ccccc3OC)CC2)c1. The number of piperazine rings is 1. The standard InChI is InChI=1S/C21H28N4O2/c1-4-23(5-2)18-14-17(15-22-16-18)21(26)25-12-10-24(11-13-25)19-8-6-7-9-20(19)27-3/h6-9,14-16H,4-5,10-13H2,1-3H3. The summed E-state index contributed by atoms with van der Waals surface area (Å²) in [4.78, 5) is 23.6. The van der Waals surface area contributed by atoms with Crippen molar-refractivity contribution >= 4 is 17.3 Å². The number of ether oxygens (including phenoxy) is 1. The number of aromatic nitrogens is 1. The smallest absolute Gasteiger partial charge is 0.255 e. The Morgan fingerprint density at radius 1 is 1.11 bits per heavy atom. The monoisotopic (exact) mass is 368 g/mol. The largest absolute Gasteiger partial charge is 0.495 e. The third-order valence-electron chi connectivity index (χ3n) is 5.09. The van der Waals surface area contributed by atoms with Gasteiger partial charge in [0.1, 0.15) is 5.75 Å². The summed E-state index contributed by atoms with van der Waals surface area (Å²) in [5, 5.41) is 0. The number of methoxy groups -OCH3 is 1. The maximum absolute atomic E-state index is 12.9. The van der Waals surface area contributed by atoms with E-state index in [0.717, 1.165) is 43.3 Å². The van der Waals surface area contributed by atoms with E-state index in [2.05, 4.69) is 34.7 Å². The van der Waals surface area contributed by atoms with E-state index in [4.69, 9.17) is 4.74 Å². The van der Waals surface area contributed by atoms with Gasteiger partial charge in [-0.05, 0) is 32.0 Å². The van der Waals surface area contributed by atoms with Crippen molar-refractivity contribution in [3.8, 4) is 5.75 Å². The lowest BCUT2D eigenvalue weighted by Crippen LogP contribution is -2.48. The minimum atomic E-state index is 0.0520. The van der Waals surface area contributed by atoms with E-state index in [1.54, 1.807) is 13.3 Å². The zero-order valence-electron chi connectivity index (χ0n) is 16.4. The van der Waals surface area contributed by atoms with Crippen molar-refractivity contribution in [1.29, 1.82) is 0 Å². The van der Waals surface area contributed by atoms with E-state index in [1.807, 2.05) is 35.4 Å². The molecule has 0 aliphatic carbocycles. The highest BCUT2D eigenvalue weighted by molar-refractivity contribution is 5.95. The zero-order chi connectivity index (χ0) is 19.2. The number of anilines is 2. The van der Waals surface area contributed by atoms with Crippen LogP contribution in [-0.2, 0) is 0 Å². The maximum Gasteiger partial charge on any atom is 0.255 e. The fourth-order valence-electron chi connectivity index (χ4n) is 3.53. The summed E-state index contributed by atoms with van der Waals surface area (Å²) < 4.78 is 5.46. The summed E-state index contributed by atoms with van der Waals surface area (Å²) in [5.41, 5.74) is 2.74. The van der Waals surface area contributed by atoms with Gasteiger partial charge in [0.15, 0.2) is 0 Å². The number of rotatable bonds is 6. The molecule has 0 atom stereocenters. The number of pyridine rings is 1. The Kier molecular flexibility index (Phi) is 6.16. The first-order chi connectivity index (χ1) is 13.2. The summed E-state index contributed by atoms with van der Waals surface area (Å²) in [6.45, 7) is 8.95. The molecule has 1 amide bonds. The van der Waals surface area contributed by atoms with Gasteiger partial charge in [-0.1, -0.05) is 12.1 Å². The molecule has 0 unspecified atom stereocenters. The fourth-order valence-corrected chi connectivity index (χ4v) is 3.53. The minimum Gasteiger partial charge on any atom is -0.495 e. The first kappa shape index (κ1) is 19.0. The van der Waals surface area contributed by atoms with Gasteiger partial charge in [0.2, 0.25) is 0 Å². The number of hydrogen-bond donors (Lipinski definition) is 0. The number of nitrogens with zero attached hydrogens (tertiary/aromatic N) is 4. The number of amides is 1. The van der Waals surface area contributed by atoms with Gasteiger partial charge >= 0.3 is 0 Å².